The van der Waals surface area contributed by atoms with Crippen molar-refractivity contribution >= 4 is 17.4 Å². The lowest BCUT2D eigenvalue weighted by Crippen LogP contribution is -2.16. The monoisotopic (exact) mass is 311 g/mol. The average Bonchev–Trinajstić information content (AvgIpc) is 2.96. The molecule has 5 nitrogen and oxygen atoms in total. The first kappa shape index (κ1) is 15.1. The number of ether oxygens (including phenoxy) is 2. The van der Waals surface area contributed by atoms with Gasteiger partial charge in [0.25, 0.3) is 0 Å². The predicted octanol–water partition coefficient (Wildman–Crippen LogP) is 3.11. The molecule has 1 heterocycles. The SMILES string of the molecule is CC(=O)c1cc2c(cc1NC(=O)Cc1ccc(C)cc1)OCO2. The Labute approximate surface area is 134 Å². The van der Waals surface area contributed by atoms with Crippen LogP contribution in [0, 0.1) is 6.92 Å². The first-order valence-electron chi connectivity index (χ1n) is 7.33. The summed E-state index contributed by atoms with van der Waals surface area (Å²) in [5.41, 5.74) is 2.91. The van der Waals surface area contributed by atoms with Crippen molar-refractivity contribution in [3.63, 3.8) is 0 Å². The summed E-state index contributed by atoms with van der Waals surface area (Å²) in [7, 11) is 0. The Hall–Kier alpha value is -2.82. The molecule has 0 spiro atoms. The Morgan fingerprint density at radius 2 is 1.74 bits per heavy atom. The van der Waals surface area contributed by atoms with Gasteiger partial charge in [-0.3, -0.25) is 9.59 Å². The zero-order chi connectivity index (χ0) is 16.4. The topological polar surface area (TPSA) is 64.6 Å². The first-order valence-corrected chi connectivity index (χ1v) is 7.33. The third kappa shape index (κ3) is 3.34. The van der Waals surface area contributed by atoms with E-state index in [4.69, 9.17) is 9.47 Å². The number of Topliss-reactive ketones (excluding diaryl/α,β-unsaturated/α-hetero) is 1. The maximum absolute atomic E-state index is 12.2. The quantitative estimate of drug-likeness (QED) is 0.881. The van der Waals surface area contributed by atoms with Gasteiger partial charge in [-0.25, -0.2) is 0 Å². The number of nitrogens with one attached hydrogen (secondary N) is 1. The minimum absolute atomic E-state index is 0.118. The van der Waals surface area contributed by atoms with Gasteiger partial charge in [-0.1, -0.05) is 29.8 Å². The summed E-state index contributed by atoms with van der Waals surface area (Å²) in [6.45, 7) is 3.57. The van der Waals surface area contributed by atoms with Crippen LogP contribution in [0.1, 0.15) is 28.4 Å². The van der Waals surface area contributed by atoms with Crippen LogP contribution in [-0.4, -0.2) is 18.5 Å². The molecule has 0 atom stereocenters. The molecule has 1 amide bonds. The second kappa shape index (κ2) is 6.12. The van der Waals surface area contributed by atoms with E-state index in [2.05, 4.69) is 5.32 Å². The van der Waals surface area contributed by atoms with Crippen molar-refractivity contribution in [2.24, 2.45) is 0 Å². The highest BCUT2D eigenvalue weighted by molar-refractivity contribution is 6.04. The molecule has 0 aliphatic carbocycles. The zero-order valence-corrected chi connectivity index (χ0v) is 13.0. The molecular weight excluding hydrogens is 294 g/mol. The van der Waals surface area contributed by atoms with Crippen LogP contribution in [0.3, 0.4) is 0 Å². The number of aryl methyl sites for hydroxylation is 1. The molecule has 2 aromatic carbocycles. The molecule has 0 fully saturated rings. The van der Waals surface area contributed by atoms with E-state index < -0.39 is 0 Å². The minimum Gasteiger partial charge on any atom is -0.454 e. The number of hydrogen-bond acceptors (Lipinski definition) is 4. The van der Waals surface area contributed by atoms with Gasteiger partial charge < -0.3 is 14.8 Å². The molecule has 2 aromatic rings. The lowest BCUT2D eigenvalue weighted by molar-refractivity contribution is -0.115. The molecule has 0 saturated heterocycles. The molecule has 118 valence electrons. The van der Waals surface area contributed by atoms with E-state index in [1.54, 1.807) is 12.1 Å². The van der Waals surface area contributed by atoms with Gasteiger partial charge in [0, 0.05) is 11.6 Å². The number of amides is 1. The van der Waals surface area contributed by atoms with Crippen LogP contribution in [0.5, 0.6) is 11.5 Å². The summed E-state index contributed by atoms with van der Waals surface area (Å²) >= 11 is 0. The minimum atomic E-state index is -0.185. The summed E-state index contributed by atoms with van der Waals surface area (Å²) < 4.78 is 10.6. The largest absolute Gasteiger partial charge is 0.454 e. The third-order valence-electron chi connectivity index (χ3n) is 3.65. The molecule has 0 radical (unpaired) electrons. The molecule has 5 heteroatoms. The van der Waals surface area contributed by atoms with Gasteiger partial charge in [-0.2, -0.15) is 0 Å². The number of fused-ring (bicyclic) bond motifs is 1. The molecule has 3 rings (SSSR count). The maximum Gasteiger partial charge on any atom is 0.231 e. The maximum atomic E-state index is 12.2. The average molecular weight is 311 g/mol. The number of benzene rings is 2. The highest BCUT2D eigenvalue weighted by atomic mass is 16.7. The number of ketones is 1. The van der Waals surface area contributed by atoms with Gasteiger partial charge in [0.1, 0.15) is 0 Å². The second-order valence-corrected chi connectivity index (χ2v) is 5.52. The zero-order valence-electron chi connectivity index (χ0n) is 13.0. The van der Waals surface area contributed by atoms with E-state index in [9.17, 15) is 9.59 Å². The number of carbonyl (C=O) groups is 2. The Morgan fingerprint density at radius 1 is 1.09 bits per heavy atom. The highest BCUT2D eigenvalue weighted by Crippen LogP contribution is 2.37. The normalized spacial score (nSPS) is 12.1. The van der Waals surface area contributed by atoms with Gasteiger partial charge in [-0.05, 0) is 25.5 Å². The lowest BCUT2D eigenvalue weighted by Gasteiger charge is -2.11. The molecule has 1 aliphatic rings. The fourth-order valence-electron chi connectivity index (χ4n) is 2.42. The molecule has 23 heavy (non-hydrogen) atoms. The van der Waals surface area contributed by atoms with Crippen molar-refractivity contribution in [1.82, 2.24) is 0 Å². The molecule has 0 bridgehead atoms. The van der Waals surface area contributed by atoms with Crippen molar-refractivity contribution in [2.45, 2.75) is 20.3 Å². The van der Waals surface area contributed by atoms with E-state index in [0.717, 1.165) is 11.1 Å². The van der Waals surface area contributed by atoms with Gasteiger partial charge >= 0.3 is 0 Å². The number of carbonyl (C=O) groups excluding carboxylic acids is 2. The van der Waals surface area contributed by atoms with Crippen molar-refractivity contribution in [2.75, 3.05) is 12.1 Å². The Balaban J connectivity index is 1.80. The third-order valence-corrected chi connectivity index (χ3v) is 3.65. The fourth-order valence-corrected chi connectivity index (χ4v) is 2.42. The van der Waals surface area contributed by atoms with E-state index in [1.165, 1.54) is 6.92 Å². The van der Waals surface area contributed by atoms with Crippen LogP contribution in [0.15, 0.2) is 36.4 Å². The van der Waals surface area contributed by atoms with Crippen molar-refractivity contribution in [1.29, 1.82) is 0 Å². The highest BCUT2D eigenvalue weighted by Gasteiger charge is 2.20. The van der Waals surface area contributed by atoms with Crippen molar-refractivity contribution < 1.29 is 19.1 Å². The predicted molar refractivity (Wildman–Crippen MR) is 86.1 cm³/mol. The summed E-state index contributed by atoms with van der Waals surface area (Å²) in [6.07, 6.45) is 0.242. The Kier molecular flexibility index (Phi) is 4.02. The molecular formula is C18H17NO4. The number of hydrogen-bond donors (Lipinski definition) is 1. The molecule has 0 unspecified atom stereocenters. The van der Waals surface area contributed by atoms with Crippen molar-refractivity contribution in [3.05, 3.63) is 53.1 Å². The van der Waals surface area contributed by atoms with Crippen LogP contribution in [-0.2, 0) is 11.2 Å². The van der Waals surface area contributed by atoms with Crippen molar-refractivity contribution in [3.8, 4) is 11.5 Å². The van der Waals surface area contributed by atoms with Crippen LogP contribution in [0.2, 0.25) is 0 Å². The second-order valence-electron chi connectivity index (χ2n) is 5.52. The molecule has 0 aromatic heterocycles. The summed E-state index contributed by atoms with van der Waals surface area (Å²) in [5.74, 6) is 0.719. The number of anilines is 1. The van der Waals surface area contributed by atoms with Crippen LogP contribution >= 0.6 is 0 Å². The fraction of sp³-hybridized carbons (Fsp3) is 0.222. The standard InChI is InChI=1S/C18H17NO4/c1-11-3-5-13(6-4-11)7-18(21)19-15-9-17-16(22-10-23-17)8-14(15)12(2)20/h3-6,8-9H,7,10H2,1-2H3,(H,19,21). The lowest BCUT2D eigenvalue weighted by atomic mass is 10.1. The summed E-state index contributed by atoms with van der Waals surface area (Å²) in [5, 5.41) is 2.79. The first-order chi connectivity index (χ1) is 11.0. The van der Waals surface area contributed by atoms with Crippen LogP contribution < -0.4 is 14.8 Å². The van der Waals surface area contributed by atoms with Gasteiger partial charge in [0.05, 0.1) is 12.1 Å². The van der Waals surface area contributed by atoms with Crippen LogP contribution in [0.4, 0.5) is 5.69 Å². The van der Waals surface area contributed by atoms with E-state index >= 15 is 0 Å². The van der Waals surface area contributed by atoms with Gasteiger partial charge in [0.15, 0.2) is 17.3 Å². The Bertz CT molecular complexity index is 765. The van der Waals surface area contributed by atoms with E-state index in [0.29, 0.717) is 22.7 Å². The molecule has 0 saturated carbocycles. The van der Waals surface area contributed by atoms with Gasteiger partial charge in [0.2, 0.25) is 12.7 Å². The molecule has 1 aliphatic heterocycles. The number of rotatable bonds is 4. The Morgan fingerprint density at radius 3 is 2.39 bits per heavy atom. The van der Waals surface area contributed by atoms with E-state index in [1.807, 2.05) is 31.2 Å². The summed E-state index contributed by atoms with van der Waals surface area (Å²) in [6, 6.07) is 11.0. The van der Waals surface area contributed by atoms with E-state index in [-0.39, 0.29) is 24.9 Å². The van der Waals surface area contributed by atoms with Gasteiger partial charge in [-0.15, -0.1) is 0 Å². The summed E-state index contributed by atoms with van der Waals surface area (Å²) in [4.78, 5) is 24.0. The molecule has 1 N–H and O–H groups in total. The van der Waals surface area contributed by atoms with Crippen LogP contribution in [0.25, 0.3) is 0 Å². The smallest absolute Gasteiger partial charge is 0.231 e.